The van der Waals surface area contributed by atoms with Crippen LogP contribution in [0.25, 0.3) is 0 Å². The van der Waals surface area contributed by atoms with Crippen LogP contribution in [0.4, 0.5) is 0 Å². The molecule has 0 saturated carbocycles. The number of hydrogen-bond acceptors (Lipinski definition) is 1. The van der Waals surface area contributed by atoms with Crippen LogP contribution in [0, 0.1) is 0 Å². The molecule has 1 heterocycles. The Morgan fingerprint density at radius 1 is 1.60 bits per heavy atom. The number of rotatable bonds is 1. The molecule has 0 spiro atoms. The number of dihydropyridines is 1. The van der Waals surface area contributed by atoms with E-state index in [1.807, 2.05) is 13.0 Å². The molecule has 1 aliphatic heterocycles. The van der Waals surface area contributed by atoms with Crippen molar-refractivity contribution in [2.75, 3.05) is 6.54 Å². The average Bonchev–Trinajstić information content (AvgIpc) is 1.88. The van der Waals surface area contributed by atoms with Crippen molar-refractivity contribution >= 4 is 0 Å². The normalized spacial score (nSPS) is 18.2. The molecule has 0 amide bonds. The molecule has 1 heteroatoms. The molecular formula is C9H13N. The lowest BCUT2D eigenvalue weighted by Gasteiger charge is -2.10. The fraction of sp³-hybridized carbons (Fsp3) is 0.333. The Labute approximate surface area is 62.1 Å². The van der Waals surface area contributed by atoms with Crippen LogP contribution in [0.15, 0.2) is 35.6 Å². The van der Waals surface area contributed by atoms with Gasteiger partial charge in [0, 0.05) is 12.2 Å². The molecule has 0 bridgehead atoms. The van der Waals surface area contributed by atoms with Crippen molar-refractivity contribution in [3.8, 4) is 0 Å². The van der Waals surface area contributed by atoms with Gasteiger partial charge in [0.2, 0.25) is 0 Å². The van der Waals surface area contributed by atoms with Gasteiger partial charge in [0.25, 0.3) is 0 Å². The van der Waals surface area contributed by atoms with Crippen LogP contribution in [0.1, 0.15) is 13.8 Å². The van der Waals surface area contributed by atoms with Gasteiger partial charge in [-0.1, -0.05) is 17.7 Å². The largest absolute Gasteiger partial charge is 0.382 e. The minimum absolute atomic E-state index is 0.960. The highest BCUT2D eigenvalue weighted by Crippen LogP contribution is 2.04. The number of hydrogen-bond donors (Lipinski definition) is 1. The van der Waals surface area contributed by atoms with Crippen molar-refractivity contribution < 1.29 is 0 Å². The molecule has 54 valence electrons. The molecule has 1 rings (SSSR count). The molecule has 1 nitrogen and oxygen atoms in total. The van der Waals surface area contributed by atoms with Crippen molar-refractivity contribution in [3.63, 3.8) is 0 Å². The molecule has 0 aliphatic carbocycles. The van der Waals surface area contributed by atoms with Crippen LogP contribution in [0.2, 0.25) is 0 Å². The summed E-state index contributed by atoms with van der Waals surface area (Å²) >= 11 is 0. The van der Waals surface area contributed by atoms with Crippen molar-refractivity contribution in [3.05, 3.63) is 35.6 Å². The quantitative estimate of drug-likeness (QED) is 0.580. The predicted molar refractivity (Wildman–Crippen MR) is 44.7 cm³/mol. The van der Waals surface area contributed by atoms with E-state index in [0.717, 1.165) is 6.54 Å². The zero-order chi connectivity index (χ0) is 7.40. The molecule has 0 saturated heterocycles. The summed E-state index contributed by atoms with van der Waals surface area (Å²) in [5.41, 5.74) is 2.55. The smallest absolute Gasteiger partial charge is 0.0341 e. The van der Waals surface area contributed by atoms with Gasteiger partial charge in [-0.2, -0.15) is 0 Å². The Hall–Kier alpha value is -0.980. The molecular weight excluding hydrogens is 122 g/mol. The predicted octanol–water partition coefficient (Wildman–Crippen LogP) is 2.00. The van der Waals surface area contributed by atoms with E-state index in [0.29, 0.717) is 0 Å². The van der Waals surface area contributed by atoms with E-state index in [1.54, 1.807) is 0 Å². The molecule has 1 N–H and O–H groups in total. The van der Waals surface area contributed by atoms with Crippen molar-refractivity contribution in [1.29, 1.82) is 0 Å². The summed E-state index contributed by atoms with van der Waals surface area (Å²) in [5, 5.41) is 3.25. The van der Waals surface area contributed by atoms with Crippen LogP contribution in [-0.2, 0) is 0 Å². The Balaban J connectivity index is 2.68. The van der Waals surface area contributed by atoms with Crippen molar-refractivity contribution in [1.82, 2.24) is 5.32 Å². The third-order valence-corrected chi connectivity index (χ3v) is 1.46. The van der Waals surface area contributed by atoms with Gasteiger partial charge in [-0.15, -0.1) is 0 Å². The summed E-state index contributed by atoms with van der Waals surface area (Å²) in [4.78, 5) is 0. The van der Waals surface area contributed by atoms with E-state index in [9.17, 15) is 0 Å². The SMILES string of the molecule is C/C=C/C1=CC(C)=CCN1. The van der Waals surface area contributed by atoms with Gasteiger partial charge in [-0.05, 0) is 26.0 Å². The molecule has 0 radical (unpaired) electrons. The molecule has 10 heavy (non-hydrogen) atoms. The lowest BCUT2D eigenvalue weighted by molar-refractivity contribution is 0.908. The van der Waals surface area contributed by atoms with Crippen LogP contribution in [-0.4, -0.2) is 6.54 Å². The lowest BCUT2D eigenvalue weighted by atomic mass is 10.2. The van der Waals surface area contributed by atoms with E-state index in [-0.39, 0.29) is 0 Å². The van der Waals surface area contributed by atoms with Gasteiger partial charge in [0.05, 0.1) is 0 Å². The second-order valence-corrected chi connectivity index (χ2v) is 2.43. The second-order valence-electron chi connectivity index (χ2n) is 2.43. The van der Waals surface area contributed by atoms with E-state index in [4.69, 9.17) is 0 Å². The summed E-state index contributed by atoms with van der Waals surface area (Å²) in [6, 6.07) is 0. The molecule has 0 unspecified atom stereocenters. The highest BCUT2D eigenvalue weighted by molar-refractivity contribution is 5.31. The van der Waals surface area contributed by atoms with E-state index in [1.165, 1.54) is 11.3 Å². The van der Waals surface area contributed by atoms with Crippen LogP contribution >= 0.6 is 0 Å². The van der Waals surface area contributed by atoms with Gasteiger partial charge in [-0.3, -0.25) is 0 Å². The topological polar surface area (TPSA) is 12.0 Å². The first-order chi connectivity index (χ1) is 4.83. The van der Waals surface area contributed by atoms with E-state index in [2.05, 4.69) is 30.5 Å². The van der Waals surface area contributed by atoms with Crippen molar-refractivity contribution in [2.24, 2.45) is 0 Å². The first-order valence-electron chi connectivity index (χ1n) is 3.58. The standard InChI is InChI=1S/C9H13N/c1-3-4-9-7-8(2)5-6-10-9/h3-5,7,10H,6H2,1-2H3/b4-3+. The highest BCUT2D eigenvalue weighted by atomic mass is 14.9. The Morgan fingerprint density at radius 3 is 3.00 bits per heavy atom. The van der Waals surface area contributed by atoms with Gasteiger partial charge >= 0.3 is 0 Å². The monoisotopic (exact) mass is 135 g/mol. The highest BCUT2D eigenvalue weighted by Gasteiger charge is 1.95. The van der Waals surface area contributed by atoms with Crippen LogP contribution in [0.3, 0.4) is 0 Å². The van der Waals surface area contributed by atoms with Gasteiger partial charge in [-0.25, -0.2) is 0 Å². The molecule has 0 aromatic rings. The van der Waals surface area contributed by atoms with E-state index < -0.39 is 0 Å². The maximum Gasteiger partial charge on any atom is 0.0341 e. The zero-order valence-corrected chi connectivity index (χ0v) is 6.52. The average molecular weight is 135 g/mol. The minimum Gasteiger partial charge on any atom is -0.382 e. The number of allylic oxidation sites excluding steroid dienone is 4. The Bertz CT molecular complexity index is 197. The summed E-state index contributed by atoms with van der Waals surface area (Å²) in [5.74, 6) is 0. The Morgan fingerprint density at radius 2 is 2.40 bits per heavy atom. The van der Waals surface area contributed by atoms with E-state index >= 15 is 0 Å². The molecule has 0 atom stereocenters. The van der Waals surface area contributed by atoms with Crippen LogP contribution in [0.5, 0.6) is 0 Å². The summed E-state index contributed by atoms with van der Waals surface area (Å²) in [7, 11) is 0. The maximum atomic E-state index is 3.25. The second kappa shape index (κ2) is 3.25. The third-order valence-electron chi connectivity index (χ3n) is 1.46. The lowest BCUT2D eigenvalue weighted by Crippen LogP contribution is -2.14. The molecule has 1 aliphatic rings. The summed E-state index contributed by atoms with van der Waals surface area (Å²) < 4.78 is 0. The van der Waals surface area contributed by atoms with Gasteiger partial charge in [0.1, 0.15) is 0 Å². The molecule has 0 aromatic carbocycles. The van der Waals surface area contributed by atoms with Gasteiger partial charge < -0.3 is 5.32 Å². The van der Waals surface area contributed by atoms with Crippen molar-refractivity contribution in [2.45, 2.75) is 13.8 Å². The zero-order valence-electron chi connectivity index (χ0n) is 6.52. The molecule has 0 fully saturated rings. The maximum absolute atomic E-state index is 3.25. The summed E-state index contributed by atoms with van der Waals surface area (Å²) in [6.07, 6.45) is 8.43. The first-order valence-corrected chi connectivity index (χ1v) is 3.58. The third kappa shape index (κ3) is 1.76. The fourth-order valence-corrected chi connectivity index (χ4v) is 0.972. The molecule has 0 aromatic heterocycles. The summed E-state index contributed by atoms with van der Waals surface area (Å²) in [6.45, 7) is 5.10. The fourth-order valence-electron chi connectivity index (χ4n) is 0.972. The first kappa shape index (κ1) is 7.13. The minimum atomic E-state index is 0.960. The van der Waals surface area contributed by atoms with Crippen LogP contribution < -0.4 is 5.32 Å². The Kier molecular flexibility index (Phi) is 2.32. The number of nitrogens with one attached hydrogen (secondary N) is 1. The van der Waals surface area contributed by atoms with Gasteiger partial charge in [0.15, 0.2) is 0 Å².